The molecule has 1 aromatic carbocycles. The van der Waals surface area contributed by atoms with Crippen molar-refractivity contribution in [3.05, 3.63) is 67.4 Å². The number of hydrogen-bond donors (Lipinski definition) is 3. The number of H-pyrrole nitrogens is 2. The van der Waals surface area contributed by atoms with Gasteiger partial charge in [-0.15, -0.1) is 0 Å². The van der Waals surface area contributed by atoms with E-state index in [0.29, 0.717) is 5.92 Å². The summed E-state index contributed by atoms with van der Waals surface area (Å²) in [5.41, 5.74) is 9.07. The van der Waals surface area contributed by atoms with Crippen molar-refractivity contribution < 1.29 is 0 Å². The van der Waals surface area contributed by atoms with Crippen LogP contribution in [0.4, 0.5) is 11.4 Å². The molecule has 0 spiro atoms. The predicted molar refractivity (Wildman–Crippen MR) is 152 cm³/mol. The van der Waals surface area contributed by atoms with E-state index >= 15 is 0 Å². The Morgan fingerprint density at radius 3 is 2.54 bits per heavy atom. The molecule has 0 bridgehead atoms. The van der Waals surface area contributed by atoms with Gasteiger partial charge in [0.25, 0.3) is 0 Å². The van der Waals surface area contributed by atoms with Crippen LogP contribution in [0, 0.1) is 5.92 Å². The van der Waals surface area contributed by atoms with Crippen LogP contribution in [0.5, 0.6) is 0 Å². The van der Waals surface area contributed by atoms with E-state index < -0.39 is 0 Å². The fraction of sp³-hybridized carbons (Fsp3) is 0.276. The maximum Gasteiger partial charge on any atom is 0.116 e. The van der Waals surface area contributed by atoms with Crippen molar-refractivity contribution >= 4 is 33.2 Å². The maximum atomic E-state index is 4.69. The number of nitrogens with one attached hydrogen (secondary N) is 3. The van der Waals surface area contributed by atoms with Gasteiger partial charge in [0.2, 0.25) is 0 Å². The number of anilines is 2. The summed E-state index contributed by atoms with van der Waals surface area (Å²) in [4.78, 5) is 17.3. The molecule has 8 heteroatoms. The number of allylic oxidation sites excluding steroid dienone is 1. The molecule has 0 unspecified atom stereocenters. The first-order valence-corrected chi connectivity index (χ1v) is 12.8. The zero-order valence-electron chi connectivity index (χ0n) is 21.5. The lowest BCUT2D eigenvalue weighted by Gasteiger charge is -2.34. The number of rotatable bonds is 6. The van der Waals surface area contributed by atoms with E-state index in [0.717, 1.165) is 76.5 Å². The van der Waals surface area contributed by atoms with Gasteiger partial charge in [-0.25, -0.2) is 0 Å². The summed E-state index contributed by atoms with van der Waals surface area (Å²) in [6.45, 7) is 12.5. The van der Waals surface area contributed by atoms with E-state index in [9.17, 15) is 0 Å². The van der Waals surface area contributed by atoms with Crippen LogP contribution in [0.25, 0.3) is 44.3 Å². The van der Waals surface area contributed by atoms with Crippen LogP contribution in [-0.4, -0.2) is 63.3 Å². The lowest BCUT2D eigenvalue weighted by Crippen LogP contribution is -2.44. The molecule has 1 fully saturated rings. The fourth-order valence-electron chi connectivity index (χ4n) is 4.86. The average molecular weight is 493 g/mol. The molecule has 1 aliphatic rings. The molecule has 5 aromatic rings. The van der Waals surface area contributed by atoms with Crippen molar-refractivity contribution in [1.29, 1.82) is 0 Å². The van der Waals surface area contributed by atoms with Crippen molar-refractivity contribution in [2.45, 2.75) is 13.8 Å². The zero-order valence-corrected chi connectivity index (χ0v) is 21.5. The lowest BCUT2D eigenvalue weighted by atomic mass is 10.0. The van der Waals surface area contributed by atoms with Crippen molar-refractivity contribution in [2.24, 2.45) is 5.92 Å². The third kappa shape index (κ3) is 4.44. The van der Waals surface area contributed by atoms with Gasteiger partial charge < -0.3 is 20.1 Å². The molecule has 0 atom stereocenters. The lowest BCUT2D eigenvalue weighted by molar-refractivity contribution is 0.313. The van der Waals surface area contributed by atoms with Gasteiger partial charge in [-0.3, -0.25) is 15.1 Å². The number of aromatic amines is 2. The standard InChI is InChI=1S/C29H32N8/c1-18(2)19(3)32-22-11-21(14-30-15-22)20-5-6-25-24(12-20)29(35-34-25)26-13-23-27(33-26)16-31-17-28(23)37-9-7-36(4)8-10-37/h5-6,11-18,32-33H,3,7-10H2,1-2,4H3,(H,34,35). The molecule has 5 heterocycles. The van der Waals surface area contributed by atoms with Crippen molar-refractivity contribution in [3.63, 3.8) is 0 Å². The van der Waals surface area contributed by atoms with Crippen LogP contribution in [0.2, 0.25) is 0 Å². The number of hydrogen-bond acceptors (Lipinski definition) is 6. The Morgan fingerprint density at radius 2 is 1.73 bits per heavy atom. The highest BCUT2D eigenvalue weighted by Gasteiger charge is 2.19. The Morgan fingerprint density at radius 1 is 0.919 bits per heavy atom. The fourth-order valence-corrected chi connectivity index (χ4v) is 4.86. The maximum absolute atomic E-state index is 4.69. The number of benzene rings is 1. The summed E-state index contributed by atoms with van der Waals surface area (Å²) in [7, 11) is 2.17. The highest BCUT2D eigenvalue weighted by Crippen LogP contribution is 2.35. The molecule has 1 aliphatic heterocycles. The van der Waals surface area contributed by atoms with Gasteiger partial charge in [-0.1, -0.05) is 26.5 Å². The number of piperazine rings is 1. The molecule has 0 aliphatic carbocycles. The summed E-state index contributed by atoms with van der Waals surface area (Å²) >= 11 is 0. The van der Waals surface area contributed by atoms with Crippen molar-refractivity contribution in [2.75, 3.05) is 43.4 Å². The molecule has 4 aromatic heterocycles. The number of aromatic nitrogens is 5. The molecular formula is C29H32N8. The highest BCUT2D eigenvalue weighted by atomic mass is 15.3. The van der Waals surface area contributed by atoms with Gasteiger partial charge in [-0.05, 0) is 42.8 Å². The molecule has 3 N–H and O–H groups in total. The monoisotopic (exact) mass is 492 g/mol. The Labute approximate surface area is 216 Å². The van der Waals surface area contributed by atoms with E-state index in [1.165, 1.54) is 11.1 Å². The second-order valence-corrected chi connectivity index (χ2v) is 10.2. The van der Waals surface area contributed by atoms with Crippen LogP contribution < -0.4 is 10.2 Å². The minimum absolute atomic E-state index is 0.344. The quantitative estimate of drug-likeness (QED) is 0.290. The van der Waals surface area contributed by atoms with E-state index in [2.05, 4.69) is 98.1 Å². The molecule has 1 saturated heterocycles. The number of likely N-dealkylation sites (N-methyl/N-ethyl adjacent to an activating group) is 1. The Bertz CT molecular complexity index is 1590. The van der Waals surface area contributed by atoms with Gasteiger partial charge in [-0.2, -0.15) is 5.10 Å². The SMILES string of the molecule is C=C(Nc1cncc(-c2ccc3[nH]nc(-c4cc5c(N6CCN(C)CC6)cncc5[nH]4)c3c2)c1)C(C)C. The van der Waals surface area contributed by atoms with Crippen LogP contribution in [-0.2, 0) is 0 Å². The first kappa shape index (κ1) is 23.2. The van der Waals surface area contributed by atoms with Crippen LogP contribution >= 0.6 is 0 Å². The molecule has 188 valence electrons. The van der Waals surface area contributed by atoms with Gasteiger partial charge in [0.1, 0.15) is 5.69 Å². The summed E-state index contributed by atoms with van der Waals surface area (Å²) in [5, 5.41) is 13.5. The summed E-state index contributed by atoms with van der Waals surface area (Å²) < 4.78 is 0. The minimum atomic E-state index is 0.344. The third-order valence-electron chi connectivity index (χ3n) is 7.26. The van der Waals surface area contributed by atoms with Crippen molar-refractivity contribution in [1.82, 2.24) is 30.0 Å². The minimum Gasteiger partial charge on any atom is -0.367 e. The Hall–Kier alpha value is -4.17. The number of nitrogens with zero attached hydrogens (tertiary/aromatic N) is 5. The zero-order chi connectivity index (χ0) is 25.5. The molecule has 0 saturated carbocycles. The predicted octanol–water partition coefficient (Wildman–Crippen LogP) is 5.50. The molecule has 37 heavy (non-hydrogen) atoms. The Kier molecular flexibility index (Phi) is 5.88. The van der Waals surface area contributed by atoms with E-state index in [1.54, 1.807) is 0 Å². The van der Waals surface area contributed by atoms with Gasteiger partial charge in [0.15, 0.2) is 0 Å². The summed E-state index contributed by atoms with van der Waals surface area (Å²) in [6, 6.07) is 10.7. The average Bonchev–Trinajstić information content (AvgIpc) is 3.53. The molecule has 8 nitrogen and oxygen atoms in total. The molecular weight excluding hydrogens is 460 g/mol. The number of fused-ring (bicyclic) bond motifs is 2. The highest BCUT2D eigenvalue weighted by molar-refractivity contribution is 6.00. The summed E-state index contributed by atoms with van der Waals surface area (Å²) in [6.07, 6.45) is 7.60. The Balaban J connectivity index is 1.36. The van der Waals surface area contributed by atoms with Gasteiger partial charge >= 0.3 is 0 Å². The molecule has 0 radical (unpaired) electrons. The normalized spacial score (nSPS) is 14.6. The molecule has 6 rings (SSSR count). The van der Waals surface area contributed by atoms with E-state index in [1.807, 2.05) is 24.8 Å². The second kappa shape index (κ2) is 9.37. The largest absolute Gasteiger partial charge is 0.367 e. The topological polar surface area (TPSA) is 88.8 Å². The van der Waals surface area contributed by atoms with E-state index in [-0.39, 0.29) is 0 Å². The third-order valence-corrected chi connectivity index (χ3v) is 7.26. The van der Waals surface area contributed by atoms with Crippen LogP contribution in [0.15, 0.2) is 67.4 Å². The van der Waals surface area contributed by atoms with Crippen LogP contribution in [0.3, 0.4) is 0 Å². The smallest absolute Gasteiger partial charge is 0.116 e. The second-order valence-electron chi connectivity index (χ2n) is 10.2. The first-order valence-electron chi connectivity index (χ1n) is 12.8. The number of pyridine rings is 2. The van der Waals surface area contributed by atoms with Crippen LogP contribution in [0.1, 0.15) is 13.8 Å². The van der Waals surface area contributed by atoms with Gasteiger partial charge in [0, 0.05) is 54.4 Å². The first-order chi connectivity index (χ1) is 18.0. The van der Waals surface area contributed by atoms with Crippen molar-refractivity contribution in [3.8, 4) is 22.5 Å². The van der Waals surface area contributed by atoms with E-state index in [4.69, 9.17) is 0 Å². The summed E-state index contributed by atoms with van der Waals surface area (Å²) in [5.74, 6) is 0.344. The van der Waals surface area contributed by atoms with Gasteiger partial charge in [0.05, 0.1) is 46.7 Å². The molecule has 0 amide bonds.